The predicted molar refractivity (Wildman–Crippen MR) is 103 cm³/mol. The van der Waals surface area contributed by atoms with Crippen LogP contribution in [0.4, 0.5) is 4.79 Å². The minimum atomic E-state index is -0.380. The lowest BCUT2D eigenvalue weighted by molar-refractivity contribution is -0.120. The summed E-state index contributed by atoms with van der Waals surface area (Å²) in [5.41, 5.74) is 2.24. The Morgan fingerprint density at radius 2 is 1.71 bits per heavy atom. The summed E-state index contributed by atoms with van der Waals surface area (Å²) in [6, 6.07) is 11.2. The van der Waals surface area contributed by atoms with Gasteiger partial charge in [-0.3, -0.25) is 9.69 Å². The van der Waals surface area contributed by atoms with E-state index in [1.165, 1.54) is 5.56 Å². The number of rotatable bonds is 8. The summed E-state index contributed by atoms with van der Waals surface area (Å²) in [7, 11) is 0. The lowest BCUT2D eigenvalue weighted by atomic mass is 10.1. The standard InChI is InChI=1S/C20H26N4O4/c25-19(21-13-18-6-3-9-28-18)14-23-20(26)22-12-16-4-1-2-5-17(16)15-24-7-10-27-11-8-24/h1-6,9H,7-8,10-15H2,(H,21,25)(H2,22,23,26). The molecule has 0 aliphatic carbocycles. The van der Waals surface area contributed by atoms with Crippen LogP contribution in [0.25, 0.3) is 0 Å². The first kappa shape index (κ1) is 19.9. The molecular weight excluding hydrogens is 360 g/mol. The van der Waals surface area contributed by atoms with Crippen LogP contribution in [-0.4, -0.2) is 49.7 Å². The number of nitrogens with one attached hydrogen (secondary N) is 3. The van der Waals surface area contributed by atoms with Crippen molar-refractivity contribution in [2.24, 2.45) is 0 Å². The highest BCUT2D eigenvalue weighted by Gasteiger charge is 2.13. The van der Waals surface area contributed by atoms with Gasteiger partial charge in [0.2, 0.25) is 5.91 Å². The highest BCUT2D eigenvalue weighted by atomic mass is 16.5. The number of carbonyl (C=O) groups is 2. The van der Waals surface area contributed by atoms with Crippen molar-refractivity contribution in [2.75, 3.05) is 32.8 Å². The molecule has 0 atom stereocenters. The Bertz CT molecular complexity index is 757. The minimum absolute atomic E-state index is 0.0953. The van der Waals surface area contributed by atoms with E-state index in [1.54, 1.807) is 18.4 Å². The Morgan fingerprint density at radius 3 is 2.46 bits per heavy atom. The van der Waals surface area contributed by atoms with Crippen LogP contribution in [0.3, 0.4) is 0 Å². The third kappa shape index (κ3) is 6.40. The number of urea groups is 1. The van der Waals surface area contributed by atoms with Crippen molar-refractivity contribution in [1.29, 1.82) is 0 Å². The predicted octanol–water partition coefficient (Wildman–Crippen LogP) is 1.23. The molecule has 1 aromatic heterocycles. The van der Waals surface area contributed by atoms with Crippen LogP contribution in [0, 0.1) is 0 Å². The number of benzene rings is 1. The lowest BCUT2D eigenvalue weighted by Gasteiger charge is -2.27. The normalized spacial score (nSPS) is 14.4. The first-order chi connectivity index (χ1) is 13.7. The van der Waals surface area contributed by atoms with E-state index in [-0.39, 0.29) is 18.5 Å². The number of hydrogen-bond donors (Lipinski definition) is 3. The molecule has 28 heavy (non-hydrogen) atoms. The van der Waals surface area contributed by atoms with Crippen LogP contribution in [0.1, 0.15) is 16.9 Å². The van der Waals surface area contributed by atoms with E-state index in [0.717, 1.165) is 38.4 Å². The molecule has 0 bridgehead atoms. The minimum Gasteiger partial charge on any atom is -0.467 e. The van der Waals surface area contributed by atoms with Gasteiger partial charge in [0.05, 0.1) is 32.6 Å². The topological polar surface area (TPSA) is 95.8 Å². The maximum Gasteiger partial charge on any atom is 0.315 e. The van der Waals surface area contributed by atoms with E-state index in [9.17, 15) is 9.59 Å². The highest BCUT2D eigenvalue weighted by molar-refractivity contribution is 5.83. The van der Waals surface area contributed by atoms with Gasteiger partial charge in [0.1, 0.15) is 5.76 Å². The summed E-state index contributed by atoms with van der Waals surface area (Å²) in [4.78, 5) is 26.1. The Morgan fingerprint density at radius 1 is 0.929 bits per heavy atom. The molecule has 0 unspecified atom stereocenters. The van der Waals surface area contributed by atoms with Crippen molar-refractivity contribution in [2.45, 2.75) is 19.6 Å². The van der Waals surface area contributed by atoms with Gasteiger partial charge in [-0.05, 0) is 23.3 Å². The molecule has 0 saturated carbocycles. The molecule has 1 aromatic carbocycles. The fourth-order valence-corrected chi connectivity index (χ4v) is 2.94. The van der Waals surface area contributed by atoms with Gasteiger partial charge >= 0.3 is 6.03 Å². The van der Waals surface area contributed by atoms with Gasteiger partial charge in [0, 0.05) is 26.2 Å². The van der Waals surface area contributed by atoms with Gasteiger partial charge < -0.3 is 25.1 Å². The third-order valence-electron chi connectivity index (χ3n) is 4.50. The van der Waals surface area contributed by atoms with Crippen molar-refractivity contribution in [3.63, 3.8) is 0 Å². The van der Waals surface area contributed by atoms with Gasteiger partial charge in [0.15, 0.2) is 0 Å². The van der Waals surface area contributed by atoms with Crippen molar-refractivity contribution >= 4 is 11.9 Å². The molecule has 1 saturated heterocycles. The SMILES string of the molecule is O=C(CNC(=O)NCc1ccccc1CN1CCOCC1)NCc1ccco1. The summed E-state index contributed by atoms with van der Waals surface area (Å²) in [5.74, 6) is 0.383. The molecule has 2 aromatic rings. The average Bonchev–Trinajstić information content (AvgIpc) is 3.24. The number of nitrogens with zero attached hydrogens (tertiary/aromatic N) is 1. The van der Waals surface area contributed by atoms with Gasteiger partial charge in [-0.15, -0.1) is 0 Å². The molecule has 1 fully saturated rings. The fourth-order valence-electron chi connectivity index (χ4n) is 2.94. The summed E-state index contributed by atoms with van der Waals surface area (Å²) in [6.45, 7) is 4.77. The molecule has 8 nitrogen and oxygen atoms in total. The van der Waals surface area contributed by atoms with Crippen LogP contribution >= 0.6 is 0 Å². The number of amides is 3. The molecule has 3 N–H and O–H groups in total. The third-order valence-corrected chi connectivity index (χ3v) is 4.50. The second-order valence-electron chi connectivity index (χ2n) is 6.55. The quantitative estimate of drug-likeness (QED) is 0.634. The molecule has 1 aliphatic rings. The molecule has 3 amide bonds. The number of hydrogen-bond acceptors (Lipinski definition) is 5. The second kappa shape index (κ2) is 10.5. The van der Waals surface area contributed by atoms with Crippen molar-refractivity contribution in [3.05, 3.63) is 59.5 Å². The fraction of sp³-hybridized carbons (Fsp3) is 0.400. The Kier molecular flexibility index (Phi) is 7.45. The zero-order valence-corrected chi connectivity index (χ0v) is 15.8. The summed E-state index contributed by atoms with van der Waals surface area (Å²) >= 11 is 0. The number of carbonyl (C=O) groups excluding carboxylic acids is 2. The molecule has 1 aliphatic heterocycles. The zero-order chi connectivity index (χ0) is 19.6. The molecular formula is C20H26N4O4. The Hall–Kier alpha value is -2.84. The van der Waals surface area contributed by atoms with Crippen LogP contribution in [0.5, 0.6) is 0 Å². The zero-order valence-electron chi connectivity index (χ0n) is 15.8. The molecule has 8 heteroatoms. The van der Waals surface area contributed by atoms with Crippen molar-refractivity contribution in [3.8, 4) is 0 Å². The van der Waals surface area contributed by atoms with E-state index in [0.29, 0.717) is 18.8 Å². The highest BCUT2D eigenvalue weighted by Crippen LogP contribution is 2.12. The molecule has 0 radical (unpaired) electrons. The number of morpholine rings is 1. The first-order valence-electron chi connectivity index (χ1n) is 9.38. The van der Waals surface area contributed by atoms with Gasteiger partial charge in [-0.25, -0.2) is 4.79 Å². The second-order valence-corrected chi connectivity index (χ2v) is 6.55. The van der Waals surface area contributed by atoms with Gasteiger partial charge in [-0.2, -0.15) is 0 Å². The largest absolute Gasteiger partial charge is 0.467 e. The average molecular weight is 386 g/mol. The Labute approximate surface area is 164 Å². The summed E-state index contributed by atoms with van der Waals surface area (Å²) < 4.78 is 10.5. The molecule has 150 valence electrons. The van der Waals surface area contributed by atoms with Crippen LogP contribution in [0.2, 0.25) is 0 Å². The van der Waals surface area contributed by atoms with E-state index in [4.69, 9.17) is 9.15 Å². The molecule has 3 rings (SSSR count). The lowest BCUT2D eigenvalue weighted by Crippen LogP contribution is -2.41. The van der Waals surface area contributed by atoms with Gasteiger partial charge in [0.25, 0.3) is 0 Å². The Balaban J connectivity index is 1.39. The first-order valence-corrected chi connectivity index (χ1v) is 9.38. The van der Waals surface area contributed by atoms with Crippen LogP contribution in [0.15, 0.2) is 47.1 Å². The van der Waals surface area contributed by atoms with Crippen molar-refractivity contribution in [1.82, 2.24) is 20.9 Å². The molecule has 0 spiro atoms. The summed E-state index contributed by atoms with van der Waals surface area (Å²) in [5, 5.41) is 8.05. The summed E-state index contributed by atoms with van der Waals surface area (Å²) in [6.07, 6.45) is 1.55. The van der Waals surface area contributed by atoms with E-state index < -0.39 is 0 Å². The monoisotopic (exact) mass is 386 g/mol. The molecule has 2 heterocycles. The maximum absolute atomic E-state index is 12.0. The van der Waals surface area contributed by atoms with E-state index in [2.05, 4.69) is 26.9 Å². The van der Waals surface area contributed by atoms with Gasteiger partial charge in [-0.1, -0.05) is 24.3 Å². The smallest absolute Gasteiger partial charge is 0.315 e. The van der Waals surface area contributed by atoms with Crippen molar-refractivity contribution < 1.29 is 18.7 Å². The van der Waals surface area contributed by atoms with Crippen LogP contribution in [-0.2, 0) is 29.2 Å². The van der Waals surface area contributed by atoms with E-state index in [1.807, 2.05) is 18.2 Å². The number of furan rings is 1. The van der Waals surface area contributed by atoms with Crippen LogP contribution < -0.4 is 16.0 Å². The van der Waals surface area contributed by atoms with E-state index >= 15 is 0 Å². The maximum atomic E-state index is 12.0. The number of ether oxygens (including phenoxy) is 1.